The van der Waals surface area contributed by atoms with Crippen LogP contribution in [0, 0.1) is 15.9 Å². The molecule has 2 rings (SSSR count). The summed E-state index contributed by atoms with van der Waals surface area (Å²) in [5.41, 5.74) is 0.828. The predicted octanol–water partition coefficient (Wildman–Crippen LogP) is 3.37. The first-order valence-electron chi connectivity index (χ1n) is 6.31. The molecule has 110 valence electrons. The molecule has 0 saturated carbocycles. The zero-order valence-electron chi connectivity index (χ0n) is 11.3. The van der Waals surface area contributed by atoms with Gasteiger partial charge < -0.3 is 9.84 Å². The number of halogens is 1. The van der Waals surface area contributed by atoms with Crippen molar-refractivity contribution in [3.8, 4) is 5.75 Å². The Bertz CT molecular complexity index is 658. The van der Waals surface area contributed by atoms with Gasteiger partial charge in [-0.1, -0.05) is 12.1 Å². The Kier molecular flexibility index (Phi) is 4.49. The van der Waals surface area contributed by atoms with Gasteiger partial charge in [-0.25, -0.2) is 4.39 Å². The fourth-order valence-electron chi connectivity index (χ4n) is 1.90. The van der Waals surface area contributed by atoms with Crippen LogP contribution in [0.1, 0.15) is 24.2 Å². The standard InChI is InChI=1S/C15H14FNO4/c1-10(18)14-8-13(17(19)20)5-6-15(14)21-9-11-3-2-4-12(16)7-11/h2-8,10,18H,9H2,1H3/t10-/m0/s1. The van der Waals surface area contributed by atoms with E-state index in [0.717, 1.165) is 0 Å². The minimum atomic E-state index is -0.910. The van der Waals surface area contributed by atoms with E-state index in [4.69, 9.17) is 4.74 Å². The van der Waals surface area contributed by atoms with E-state index in [2.05, 4.69) is 0 Å². The van der Waals surface area contributed by atoms with Gasteiger partial charge in [0.15, 0.2) is 0 Å². The minimum Gasteiger partial charge on any atom is -0.489 e. The number of aliphatic hydroxyl groups excluding tert-OH is 1. The lowest BCUT2D eigenvalue weighted by Crippen LogP contribution is -2.02. The molecule has 6 heteroatoms. The van der Waals surface area contributed by atoms with Crippen molar-refractivity contribution in [1.29, 1.82) is 0 Å². The molecule has 0 bridgehead atoms. The molecular formula is C15H14FNO4. The van der Waals surface area contributed by atoms with Gasteiger partial charge in [0.05, 0.1) is 11.0 Å². The summed E-state index contributed by atoms with van der Waals surface area (Å²) in [6, 6.07) is 9.94. The Morgan fingerprint density at radius 3 is 2.71 bits per heavy atom. The van der Waals surface area contributed by atoms with Crippen molar-refractivity contribution in [2.24, 2.45) is 0 Å². The van der Waals surface area contributed by atoms with Gasteiger partial charge in [-0.2, -0.15) is 0 Å². The van der Waals surface area contributed by atoms with E-state index in [1.807, 2.05) is 0 Å². The molecule has 0 amide bonds. The summed E-state index contributed by atoms with van der Waals surface area (Å²) < 4.78 is 18.6. The van der Waals surface area contributed by atoms with Crippen LogP contribution < -0.4 is 4.74 Å². The lowest BCUT2D eigenvalue weighted by atomic mass is 10.1. The molecule has 1 atom stereocenters. The minimum absolute atomic E-state index is 0.106. The van der Waals surface area contributed by atoms with Crippen molar-refractivity contribution in [3.63, 3.8) is 0 Å². The smallest absolute Gasteiger partial charge is 0.270 e. The maximum absolute atomic E-state index is 13.1. The van der Waals surface area contributed by atoms with E-state index in [1.165, 1.54) is 37.3 Å². The molecule has 2 aromatic rings. The van der Waals surface area contributed by atoms with Crippen molar-refractivity contribution in [2.45, 2.75) is 19.6 Å². The van der Waals surface area contributed by atoms with Crippen molar-refractivity contribution in [3.05, 3.63) is 69.5 Å². The Hall–Kier alpha value is -2.47. The topological polar surface area (TPSA) is 72.6 Å². The average Bonchev–Trinajstić information content (AvgIpc) is 2.44. The Labute approximate surface area is 120 Å². The van der Waals surface area contributed by atoms with E-state index < -0.39 is 11.0 Å². The zero-order valence-corrected chi connectivity index (χ0v) is 11.3. The third kappa shape index (κ3) is 3.76. The predicted molar refractivity (Wildman–Crippen MR) is 74.5 cm³/mol. The first-order chi connectivity index (χ1) is 9.97. The summed E-state index contributed by atoms with van der Waals surface area (Å²) in [6.07, 6.45) is -0.910. The third-order valence-corrected chi connectivity index (χ3v) is 2.94. The number of rotatable bonds is 5. The van der Waals surface area contributed by atoms with Gasteiger partial charge in [-0.05, 0) is 30.7 Å². The molecule has 0 aliphatic carbocycles. The molecule has 0 aliphatic rings. The van der Waals surface area contributed by atoms with E-state index in [1.54, 1.807) is 12.1 Å². The largest absolute Gasteiger partial charge is 0.489 e. The molecule has 5 nitrogen and oxygen atoms in total. The molecule has 0 saturated heterocycles. The fraction of sp³-hybridized carbons (Fsp3) is 0.200. The molecule has 21 heavy (non-hydrogen) atoms. The van der Waals surface area contributed by atoms with Crippen LogP contribution in [0.5, 0.6) is 5.75 Å². The van der Waals surface area contributed by atoms with E-state index in [0.29, 0.717) is 16.9 Å². The van der Waals surface area contributed by atoms with Gasteiger partial charge in [0.1, 0.15) is 18.2 Å². The number of nitrogens with zero attached hydrogens (tertiary/aromatic N) is 1. The monoisotopic (exact) mass is 291 g/mol. The highest BCUT2D eigenvalue weighted by Crippen LogP contribution is 2.29. The van der Waals surface area contributed by atoms with E-state index in [9.17, 15) is 19.6 Å². The molecule has 0 unspecified atom stereocenters. The Balaban J connectivity index is 2.21. The second-order valence-corrected chi connectivity index (χ2v) is 4.57. The van der Waals surface area contributed by atoms with Gasteiger partial charge in [0.2, 0.25) is 0 Å². The maximum atomic E-state index is 13.1. The zero-order chi connectivity index (χ0) is 15.4. The summed E-state index contributed by atoms with van der Waals surface area (Å²) in [7, 11) is 0. The number of nitro groups is 1. The third-order valence-electron chi connectivity index (χ3n) is 2.94. The number of benzene rings is 2. The second-order valence-electron chi connectivity index (χ2n) is 4.57. The number of hydrogen-bond donors (Lipinski definition) is 1. The van der Waals surface area contributed by atoms with Crippen molar-refractivity contribution >= 4 is 5.69 Å². The first-order valence-corrected chi connectivity index (χ1v) is 6.31. The second kappa shape index (κ2) is 6.32. The molecule has 2 aromatic carbocycles. The van der Waals surface area contributed by atoms with Crippen LogP contribution in [-0.2, 0) is 6.61 Å². The maximum Gasteiger partial charge on any atom is 0.270 e. The summed E-state index contributed by atoms with van der Waals surface area (Å²) in [5.74, 6) is -0.0320. The Morgan fingerprint density at radius 1 is 1.33 bits per heavy atom. The van der Waals surface area contributed by atoms with Crippen LogP contribution in [0.25, 0.3) is 0 Å². The van der Waals surface area contributed by atoms with Crippen LogP contribution in [0.15, 0.2) is 42.5 Å². The number of hydrogen-bond acceptors (Lipinski definition) is 4. The molecule has 0 aliphatic heterocycles. The molecule has 0 fully saturated rings. The van der Waals surface area contributed by atoms with Crippen molar-refractivity contribution in [1.82, 2.24) is 0 Å². The lowest BCUT2D eigenvalue weighted by Gasteiger charge is -2.13. The van der Waals surface area contributed by atoms with E-state index in [-0.39, 0.29) is 18.1 Å². The number of nitro benzene ring substituents is 1. The average molecular weight is 291 g/mol. The van der Waals surface area contributed by atoms with Crippen molar-refractivity contribution < 1.29 is 19.2 Å². The summed E-state index contributed by atoms with van der Waals surface area (Å²) in [4.78, 5) is 10.2. The summed E-state index contributed by atoms with van der Waals surface area (Å²) >= 11 is 0. The number of non-ortho nitro benzene ring substituents is 1. The fourth-order valence-corrected chi connectivity index (χ4v) is 1.90. The molecule has 0 radical (unpaired) electrons. The van der Waals surface area contributed by atoms with Crippen LogP contribution in [-0.4, -0.2) is 10.0 Å². The summed E-state index contributed by atoms with van der Waals surface area (Å²) in [5, 5.41) is 20.4. The van der Waals surface area contributed by atoms with Gasteiger partial charge in [0.25, 0.3) is 5.69 Å². The highest BCUT2D eigenvalue weighted by Gasteiger charge is 2.15. The number of ether oxygens (including phenoxy) is 1. The van der Waals surface area contributed by atoms with Gasteiger partial charge in [-0.15, -0.1) is 0 Å². The molecular weight excluding hydrogens is 277 g/mol. The molecule has 0 heterocycles. The van der Waals surface area contributed by atoms with Crippen molar-refractivity contribution in [2.75, 3.05) is 0 Å². The quantitative estimate of drug-likeness (QED) is 0.677. The SMILES string of the molecule is C[C@H](O)c1cc([N+](=O)[O-])ccc1OCc1cccc(F)c1. The van der Waals surface area contributed by atoms with Gasteiger partial charge in [0, 0.05) is 17.7 Å². The van der Waals surface area contributed by atoms with Crippen LogP contribution >= 0.6 is 0 Å². The molecule has 1 N–H and O–H groups in total. The van der Waals surface area contributed by atoms with Crippen LogP contribution in [0.4, 0.5) is 10.1 Å². The highest BCUT2D eigenvalue weighted by molar-refractivity contribution is 5.44. The lowest BCUT2D eigenvalue weighted by molar-refractivity contribution is -0.385. The highest BCUT2D eigenvalue weighted by atomic mass is 19.1. The van der Waals surface area contributed by atoms with Crippen LogP contribution in [0.3, 0.4) is 0 Å². The molecule has 0 aromatic heterocycles. The summed E-state index contributed by atoms with van der Waals surface area (Å²) in [6.45, 7) is 1.60. The van der Waals surface area contributed by atoms with Crippen LogP contribution in [0.2, 0.25) is 0 Å². The number of aliphatic hydroxyl groups is 1. The van der Waals surface area contributed by atoms with Gasteiger partial charge in [-0.3, -0.25) is 10.1 Å². The Morgan fingerprint density at radius 2 is 2.10 bits per heavy atom. The normalized spacial score (nSPS) is 12.0. The molecule has 0 spiro atoms. The first kappa shape index (κ1) is 14.9. The van der Waals surface area contributed by atoms with Gasteiger partial charge >= 0.3 is 0 Å². The van der Waals surface area contributed by atoms with E-state index >= 15 is 0 Å².